The van der Waals surface area contributed by atoms with Crippen molar-refractivity contribution in [3.8, 4) is 0 Å². The summed E-state index contributed by atoms with van der Waals surface area (Å²) in [4.78, 5) is 37.6. The number of hydrogen-bond donors (Lipinski definition) is 2. The number of urea groups is 1. The molecule has 0 unspecified atom stereocenters. The third kappa shape index (κ3) is 3.52. The van der Waals surface area contributed by atoms with Crippen molar-refractivity contribution in [2.75, 3.05) is 32.0 Å². The van der Waals surface area contributed by atoms with Crippen LogP contribution in [0.3, 0.4) is 0 Å². The van der Waals surface area contributed by atoms with Crippen molar-refractivity contribution in [1.29, 1.82) is 0 Å². The molecule has 1 aliphatic rings. The number of likely N-dealkylation sites (N-methyl/N-ethyl adjacent to an activating group) is 1. The van der Waals surface area contributed by atoms with E-state index in [0.29, 0.717) is 23.2 Å². The van der Waals surface area contributed by atoms with Crippen LogP contribution in [0.2, 0.25) is 0 Å². The average Bonchev–Trinajstić information content (AvgIpc) is 2.43. The summed E-state index contributed by atoms with van der Waals surface area (Å²) in [6, 6.07) is 4.08. The monoisotopic (exact) mass is 355 g/mol. The second-order valence-corrected chi connectivity index (χ2v) is 5.52. The number of aromatic carboxylic acids is 1. The number of anilines is 1. The highest BCUT2D eigenvalue weighted by molar-refractivity contribution is 9.10. The lowest BCUT2D eigenvalue weighted by molar-refractivity contribution is -0.133. The van der Waals surface area contributed by atoms with Gasteiger partial charge in [-0.2, -0.15) is 0 Å². The lowest BCUT2D eigenvalue weighted by Gasteiger charge is -2.31. The van der Waals surface area contributed by atoms with Gasteiger partial charge >= 0.3 is 12.0 Å². The van der Waals surface area contributed by atoms with Crippen LogP contribution >= 0.6 is 15.9 Å². The van der Waals surface area contributed by atoms with Gasteiger partial charge in [0.25, 0.3) is 0 Å². The topological polar surface area (TPSA) is 89.9 Å². The van der Waals surface area contributed by atoms with Crippen LogP contribution in [0.5, 0.6) is 0 Å². The Labute approximate surface area is 129 Å². The molecule has 2 N–H and O–H groups in total. The van der Waals surface area contributed by atoms with Crippen molar-refractivity contribution in [2.45, 2.75) is 0 Å². The second kappa shape index (κ2) is 6.13. The first-order chi connectivity index (χ1) is 9.88. The minimum atomic E-state index is -1.09. The molecule has 2 rings (SSSR count). The van der Waals surface area contributed by atoms with E-state index >= 15 is 0 Å². The highest BCUT2D eigenvalue weighted by Gasteiger charge is 2.25. The van der Waals surface area contributed by atoms with Crippen molar-refractivity contribution in [3.63, 3.8) is 0 Å². The van der Waals surface area contributed by atoms with Gasteiger partial charge in [-0.15, -0.1) is 0 Å². The summed E-state index contributed by atoms with van der Waals surface area (Å²) in [5.74, 6) is -1.22. The van der Waals surface area contributed by atoms with Gasteiger partial charge in [-0.05, 0) is 34.1 Å². The van der Waals surface area contributed by atoms with E-state index in [1.54, 1.807) is 24.1 Å². The van der Waals surface area contributed by atoms with Crippen LogP contribution in [-0.2, 0) is 4.79 Å². The second-order valence-electron chi connectivity index (χ2n) is 4.67. The van der Waals surface area contributed by atoms with Crippen LogP contribution in [0.25, 0.3) is 0 Å². The summed E-state index contributed by atoms with van der Waals surface area (Å²) in [6.07, 6.45) is 0. The number of carbonyl (C=O) groups excluding carboxylic acids is 2. The minimum Gasteiger partial charge on any atom is -0.478 e. The fourth-order valence-electron chi connectivity index (χ4n) is 1.90. The van der Waals surface area contributed by atoms with Crippen molar-refractivity contribution in [3.05, 3.63) is 28.2 Å². The third-order valence-corrected chi connectivity index (χ3v) is 3.88. The Bertz CT molecular complexity index is 605. The molecule has 7 nitrogen and oxygen atoms in total. The molecular formula is C13H14BrN3O4. The van der Waals surface area contributed by atoms with Crippen molar-refractivity contribution in [1.82, 2.24) is 9.80 Å². The van der Waals surface area contributed by atoms with Gasteiger partial charge in [0.15, 0.2) is 0 Å². The summed E-state index contributed by atoms with van der Waals surface area (Å²) in [7, 11) is 1.69. The number of amides is 3. The Morgan fingerprint density at radius 2 is 2.05 bits per heavy atom. The van der Waals surface area contributed by atoms with Crippen molar-refractivity contribution < 1.29 is 19.5 Å². The molecule has 0 saturated carbocycles. The van der Waals surface area contributed by atoms with Crippen LogP contribution < -0.4 is 5.32 Å². The third-order valence-electron chi connectivity index (χ3n) is 3.19. The van der Waals surface area contributed by atoms with E-state index < -0.39 is 12.0 Å². The molecule has 0 bridgehead atoms. The molecule has 1 saturated heterocycles. The number of nitrogens with zero attached hydrogens (tertiary/aromatic N) is 2. The molecule has 1 aromatic rings. The quantitative estimate of drug-likeness (QED) is 0.840. The fourth-order valence-corrected chi connectivity index (χ4v) is 2.32. The van der Waals surface area contributed by atoms with E-state index in [4.69, 9.17) is 5.11 Å². The molecule has 1 aromatic carbocycles. The molecular weight excluding hydrogens is 342 g/mol. The Morgan fingerprint density at radius 3 is 2.67 bits per heavy atom. The Balaban J connectivity index is 2.08. The molecule has 1 heterocycles. The molecule has 3 amide bonds. The molecule has 1 aliphatic heterocycles. The number of halogens is 1. The average molecular weight is 356 g/mol. The number of piperazine rings is 1. The van der Waals surface area contributed by atoms with Gasteiger partial charge in [0.1, 0.15) is 6.54 Å². The number of carboxylic acids is 1. The Kier molecular flexibility index (Phi) is 4.46. The molecule has 1 fully saturated rings. The maximum atomic E-state index is 12.1. The summed E-state index contributed by atoms with van der Waals surface area (Å²) < 4.78 is 0.433. The molecule has 0 aliphatic carbocycles. The summed E-state index contributed by atoms with van der Waals surface area (Å²) in [5.41, 5.74) is 0.425. The van der Waals surface area contributed by atoms with Gasteiger partial charge < -0.3 is 20.2 Å². The molecule has 0 radical (unpaired) electrons. The summed E-state index contributed by atoms with van der Waals surface area (Å²) in [5, 5.41) is 11.6. The van der Waals surface area contributed by atoms with Crippen LogP contribution in [0.15, 0.2) is 22.7 Å². The van der Waals surface area contributed by atoms with Crippen LogP contribution in [-0.4, -0.2) is 59.5 Å². The van der Waals surface area contributed by atoms with E-state index in [-0.39, 0.29) is 18.0 Å². The zero-order valence-electron chi connectivity index (χ0n) is 11.3. The highest BCUT2D eigenvalue weighted by atomic mass is 79.9. The number of hydrogen-bond acceptors (Lipinski definition) is 3. The first-order valence-electron chi connectivity index (χ1n) is 6.21. The number of benzene rings is 1. The van der Waals surface area contributed by atoms with E-state index in [1.807, 2.05) is 0 Å². The zero-order valence-corrected chi connectivity index (χ0v) is 12.9. The largest absolute Gasteiger partial charge is 0.478 e. The maximum Gasteiger partial charge on any atom is 0.336 e. The summed E-state index contributed by atoms with van der Waals surface area (Å²) >= 11 is 3.13. The Hall–Kier alpha value is -2.09. The predicted molar refractivity (Wildman–Crippen MR) is 79.3 cm³/mol. The lowest BCUT2D eigenvalue weighted by atomic mass is 10.2. The van der Waals surface area contributed by atoms with Crippen molar-refractivity contribution >= 4 is 39.5 Å². The van der Waals surface area contributed by atoms with Crippen molar-refractivity contribution in [2.24, 2.45) is 0 Å². The molecule has 0 atom stereocenters. The van der Waals surface area contributed by atoms with Gasteiger partial charge in [0.05, 0.1) is 5.56 Å². The van der Waals surface area contributed by atoms with Crippen LogP contribution in [0, 0.1) is 0 Å². The zero-order chi connectivity index (χ0) is 15.6. The smallest absolute Gasteiger partial charge is 0.336 e. The molecule has 8 heteroatoms. The lowest BCUT2D eigenvalue weighted by Crippen LogP contribution is -2.51. The number of nitrogens with one attached hydrogen (secondary N) is 1. The molecule has 112 valence electrons. The van der Waals surface area contributed by atoms with Crippen LogP contribution in [0.4, 0.5) is 10.5 Å². The first kappa shape index (κ1) is 15.3. The van der Waals surface area contributed by atoms with Gasteiger partial charge in [-0.1, -0.05) is 0 Å². The SMILES string of the molecule is CN1CCN(C(=O)Nc2ccc(Br)c(C(=O)O)c2)CC1=O. The number of rotatable bonds is 2. The van der Waals surface area contributed by atoms with Crippen LogP contribution in [0.1, 0.15) is 10.4 Å². The molecule has 0 spiro atoms. The normalized spacial score (nSPS) is 15.0. The summed E-state index contributed by atoms with van der Waals surface area (Å²) in [6.45, 7) is 0.938. The number of carbonyl (C=O) groups is 3. The van der Waals surface area contributed by atoms with Gasteiger partial charge in [-0.25, -0.2) is 9.59 Å². The van der Waals surface area contributed by atoms with Gasteiger partial charge in [0, 0.05) is 30.3 Å². The maximum absolute atomic E-state index is 12.1. The van der Waals surface area contributed by atoms with E-state index in [0.717, 1.165) is 0 Å². The highest BCUT2D eigenvalue weighted by Crippen LogP contribution is 2.21. The predicted octanol–water partition coefficient (Wildman–Crippen LogP) is 1.45. The van der Waals surface area contributed by atoms with Gasteiger partial charge in [-0.3, -0.25) is 4.79 Å². The number of carboxylic acid groups (broad SMARTS) is 1. The minimum absolute atomic E-state index is 0.0185. The molecule has 21 heavy (non-hydrogen) atoms. The van der Waals surface area contributed by atoms with E-state index in [9.17, 15) is 14.4 Å². The standard InChI is InChI=1S/C13H14BrN3O4/c1-16-4-5-17(7-11(16)18)13(21)15-8-2-3-10(14)9(6-8)12(19)20/h2-3,6H,4-5,7H2,1H3,(H,15,21)(H,19,20). The fraction of sp³-hybridized carbons (Fsp3) is 0.308. The van der Waals surface area contributed by atoms with E-state index in [1.165, 1.54) is 11.0 Å². The first-order valence-corrected chi connectivity index (χ1v) is 7.00. The molecule has 0 aromatic heterocycles. The van der Waals surface area contributed by atoms with E-state index in [2.05, 4.69) is 21.2 Å². The van der Waals surface area contributed by atoms with Gasteiger partial charge in [0.2, 0.25) is 5.91 Å². The Morgan fingerprint density at radius 1 is 1.33 bits per heavy atom.